The van der Waals surface area contributed by atoms with Gasteiger partial charge in [-0.15, -0.1) is 0 Å². The van der Waals surface area contributed by atoms with Gasteiger partial charge in [-0.3, -0.25) is 14.4 Å². The van der Waals surface area contributed by atoms with Crippen molar-refractivity contribution in [2.24, 2.45) is 18.7 Å². The Morgan fingerprint density at radius 1 is 1.24 bits per heavy atom. The number of nitrogens with one attached hydrogen (secondary N) is 1. The average molecular weight is 407 g/mol. The summed E-state index contributed by atoms with van der Waals surface area (Å²) in [5.41, 5.74) is 6.59. The molecule has 0 spiro atoms. The van der Waals surface area contributed by atoms with Crippen molar-refractivity contribution in [3.8, 4) is 0 Å². The third kappa shape index (κ3) is 4.99. The Kier molecular flexibility index (Phi) is 7.10. The van der Waals surface area contributed by atoms with Crippen molar-refractivity contribution in [1.82, 2.24) is 9.88 Å². The van der Waals surface area contributed by atoms with Gasteiger partial charge < -0.3 is 25.8 Å². The van der Waals surface area contributed by atoms with Crippen LogP contribution >= 0.6 is 0 Å². The van der Waals surface area contributed by atoms with Gasteiger partial charge in [0.05, 0.1) is 12.5 Å². The molecule has 0 saturated heterocycles. The number of carboxylic acid groups (broad SMARTS) is 1. The lowest BCUT2D eigenvalue weighted by atomic mass is 9.92. The van der Waals surface area contributed by atoms with Gasteiger partial charge in [0.1, 0.15) is 11.8 Å². The Morgan fingerprint density at radius 3 is 2.41 bits per heavy atom. The van der Waals surface area contributed by atoms with Crippen LogP contribution in [0.15, 0.2) is 30.3 Å². The monoisotopic (exact) mass is 407 g/mol. The minimum absolute atomic E-state index is 0.295. The number of aliphatic hydroxyl groups excluding tert-OH is 1. The fraction of sp³-hybridized carbons (Fsp3) is 0.450. The first-order valence-electron chi connectivity index (χ1n) is 9.23. The van der Waals surface area contributed by atoms with Crippen LogP contribution in [0, 0.1) is 5.92 Å². The molecular weight excluding hydrogens is 381 g/mol. The number of aryl methyl sites for hydroxylation is 1. The predicted octanol–water partition coefficient (Wildman–Crippen LogP) is 1.00. The highest BCUT2D eigenvalue weighted by molar-refractivity contribution is 6.01. The zero-order valence-electron chi connectivity index (χ0n) is 16.5. The highest BCUT2D eigenvalue weighted by Crippen LogP contribution is 2.19. The molecule has 1 aromatic heterocycles. The number of amides is 1. The van der Waals surface area contributed by atoms with E-state index in [1.165, 1.54) is 0 Å². The van der Waals surface area contributed by atoms with Crippen LogP contribution in [0.1, 0.15) is 30.8 Å². The highest BCUT2D eigenvalue weighted by Gasteiger charge is 2.38. The number of hydrogen-bond acceptors (Lipinski definition) is 5. The van der Waals surface area contributed by atoms with Gasteiger partial charge in [-0.1, -0.05) is 32.0 Å². The zero-order chi connectivity index (χ0) is 21.9. The third-order valence-corrected chi connectivity index (χ3v) is 4.86. The van der Waals surface area contributed by atoms with E-state index in [1.54, 1.807) is 31.5 Å². The van der Waals surface area contributed by atoms with Gasteiger partial charge in [0.2, 0.25) is 0 Å². The molecule has 5 N–H and O–H groups in total. The number of aromatic nitrogens is 1. The number of alkyl halides is 1. The number of nitrogens with two attached hydrogens (primary N) is 1. The minimum atomic E-state index is -2.43. The summed E-state index contributed by atoms with van der Waals surface area (Å²) in [5.74, 6) is -3.41. The van der Waals surface area contributed by atoms with Crippen molar-refractivity contribution in [1.29, 1.82) is 0 Å². The Balaban J connectivity index is 2.20. The molecule has 2 rings (SSSR count). The smallest absolute Gasteiger partial charge is 0.305 e. The molecule has 4 atom stereocenters. The number of fused-ring (bicyclic) bond motifs is 1. The van der Waals surface area contributed by atoms with Crippen molar-refractivity contribution in [3.05, 3.63) is 36.0 Å². The number of nitrogens with zero attached hydrogens (tertiary/aromatic N) is 1. The summed E-state index contributed by atoms with van der Waals surface area (Å²) in [5, 5.41) is 22.0. The standard InChI is InChI=1S/C20H26FN3O5/c1-10(2)17(19(28)16(21)18(27)12(22)9-15(25)26)23-20(29)14-8-11-6-4-5-7-13(11)24(14)3/h4-8,10,12,16-18,27H,9,22H2,1-3H3,(H,23,29)(H,25,26)/t12?,16?,17-,18?/m0/s1. The highest BCUT2D eigenvalue weighted by atomic mass is 19.1. The molecular formula is C20H26FN3O5. The van der Waals surface area contributed by atoms with Crippen LogP contribution in [0.25, 0.3) is 10.9 Å². The van der Waals surface area contributed by atoms with Gasteiger partial charge in [-0.25, -0.2) is 4.39 Å². The van der Waals surface area contributed by atoms with E-state index < -0.39 is 54.4 Å². The first-order chi connectivity index (χ1) is 13.5. The lowest BCUT2D eigenvalue weighted by Gasteiger charge is -2.26. The fourth-order valence-electron chi connectivity index (χ4n) is 3.17. The van der Waals surface area contributed by atoms with Crippen molar-refractivity contribution in [3.63, 3.8) is 0 Å². The number of para-hydroxylation sites is 1. The summed E-state index contributed by atoms with van der Waals surface area (Å²) < 4.78 is 16.2. The van der Waals surface area contributed by atoms with Crippen LogP contribution < -0.4 is 11.1 Å². The second-order valence-electron chi connectivity index (χ2n) is 7.40. The van der Waals surface area contributed by atoms with E-state index in [-0.39, 0.29) is 0 Å². The second-order valence-corrected chi connectivity index (χ2v) is 7.40. The topological polar surface area (TPSA) is 135 Å². The summed E-state index contributed by atoms with van der Waals surface area (Å²) >= 11 is 0. The Morgan fingerprint density at radius 2 is 1.86 bits per heavy atom. The molecule has 8 nitrogen and oxygen atoms in total. The number of carboxylic acids is 1. The van der Waals surface area contributed by atoms with Crippen molar-refractivity contribution >= 4 is 28.6 Å². The summed E-state index contributed by atoms with van der Waals surface area (Å²) in [6.45, 7) is 3.25. The molecule has 0 aliphatic rings. The number of aliphatic carboxylic acids is 1. The van der Waals surface area contributed by atoms with Crippen LogP contribution in [0.5, 0.6) is 0 Å². The molecule has 2 aromatic rings. The van der Waals surface area contributed by atoms with Gasteiger partial charge >= 0.3 is 5.97 Å². The van der Waals surface area contributed by atoms with Gasteiger partial charge in [0.25, 0.3) is 5.91 Å². The van der Waals surface area contributed by atoms with Crippen LogP contribution in [0.3, 0.4) is 0 Å². The van der Waals surface area contributed by atoms with Crippen molar-refractivity contribution in [2.75, 3.05) is 0 Å². The Bertz CT molecular complexity index is 911. The van der Waals surface area contributed by atoms with Crippen molar-refractivity contribution in [2.45, 2.75) is 44.6 Å². The van der Waals surface area contributed by atoms with E-state index in [1.807, 2.05) is 24.3 Å². The van der Waals surface area contributed by atoms with Gasteiger partial charge in [0, 0.05) is 24.0 Å². The first-order valence-corrected chi connectivity index (χ1v) is 9.23. The van der Waals surface area contributed by atoms with E-state index in [9.17, 15) is 23.9 Å². The number of halogens is 1. The third-order valence-electron chi connectivity index (χ3n) is 4.86. The number of hydrogen-bond donors (Lipinski definition) is 4. The van der Waals surface area contributed by atoms with Gasteiger partial charge in [-0.2, -0.15) is 0 Å². The largest absolute Gasteiger partial charge is 0.481 e. The predicted molar refractivity (Wildman–Crippen MR) is 105 cm³/mol. The number of carbonyl (C=O) groups excluding carboxylic acids is 2. The number of ketones is 1. The van der Waals surface area contributed by atoms with Gasteiger partial charge in [0.15, 0.2) is 12.0 Å². The molecule has 158 valence electrons. The Labute approximate surface area is 167 Å². The molecule has 1 aromatic carbocycles. The van der Waals surface area contributed by atoms with Crippen LogP contribution in [0.2, 0.25) is 0 Å². The normalized spacial score (nSPS) is 15.7. The van der Waals surface area contributed by atoms with E-state index in [0.717, 1.165) is 10.9 Å². The minimum Gasteiger partial charge on any atom is -0.481 e. The number of carbonyl (C=O) groups is 3. The van der Waals surface area contributed by atoms with E-state index in [2.05, 4.69) is 5.32 Å². The molecule has 1 amide bonds. The number of aliphatic hydroxyl groups is 1. The Hall–Kier alpha value is -2.78. The number of rotatable bonds is 9. The molecule has 0 fully saturated rings. The SMILES string of the molecule is CC(C)[C@H](NC(=O)c1cc2ccccc2n1C)C(=O)C(F)C(O)C(N)CC(=O)O. The maximum atomic E-state index is 14.6. The quantitative estimate of drug-likeness (QED) is 0.490. The van der Waals surface area contributed by atoms with Crippen LogP contribution in [-0.4, -0.2) is 56.8 Å². The molecule has 3 unspecified atom stereocenters. The molecule has 0 aliphatic carbocycles. The average Bonchev–Trinajstić information content (AvgIpc) is 3.00. The molecule has 1 heterocycles. The maximum Gasteiger partial charge on any atom is 0.305 e. The number of Topliss-reactive ketones (excluding diaryl/α,β-unsaturated/α-hetero) is 1. The van der Waals surface area contributed by atoms with Gasteiger partial charge in [-0.05, 0) is 18.1 Å². The second kappa shape index (κ2) is 9.15. The summed E-state index contributed by atoms with van der Waals surface area (Å²) in [7, 11) is 1.70. The molecule has 0 aliphatic heterocycles. The first kappa shape index (κ1) is 22.5. The molecule has 0 radical (unpaired) electrons. The van der Waals surface area contributed by atoms with Crippen LogP contribution in [-0.2, 0) is 16.6 Å². The lowest BCUT2D eigenvalue weighted by molar-refractivity contribution is -0.140. The fourth-order valence-corrected chi connectivity index (χ4v) is 3.17. The lowest BCUT2D eigenvalue weighted by Crippen LogP contribution is -2.53. The summed E-state index contributed by atoms with van der Waals surface area (Å²) in [6, 6.07) is 6.34. The van der Waals surface area contributed by atoms with Crippen molar-refractivity contribution < 1.29 is 29.0 Å². The molecule has 0 bridgehead atoms. The summed E-state index contributed by atoms with van der Waals surface area (Å²) in [4.78, 5) is 36.0. The molecule has 0 saturated carbocycles. The molecule has 9 heteroatoms. The zero-order valence-corrected chi connectivity index (χ0v) is 16.5. The maximum absolute atomic E-state index is 14.6. The number of benzene rings is 1. The van der Waals surface area contributed by atoms with Crippen LogP contribution in [0.4, 0.5) is 4.39 Å². The van der Waals surface area contributed by atoms with E-state index in [0.29, 0.717) is 5.69 Å². The van der Waals surface area contributed by atoms with E-state index >= 15 is 0 Å². The van der Waals surface area contributed by atoms with E-state index in [4.69, 9.17) is 10.8 Å². The molecule has 29 heavy (non-hydrogen) atoms. The summed E-state index contributed by atoms with van der Waals surface area (Å²) in [6.07, 6.45) is -5.11.